The topological polar surface area (TPSA) is 92.7 Å². The first-order valence-corrected chi connectivity index (χ1v) is 10.7. The van der Waals surface area contributed by atoms with Crippen molar-refractivity contribution in [1.82, 2.24) is 19.7 Å². The van der Waals surface area contributed by atoms with Crippen molar-refractivity contribution in [3.05, 3.63) is 87.1 Å². The summed E-state index contributed by atoms with van der Waals surface area (Å²) in [6.07, 6.45) is 0.390. The number of aromatic nitrogens is 4. The van der Waals surface area contributed by atoms with Gasteiger partial charge < -0.3 is 5.32 Å². The highest BCUT2D eigenvalue weighted by atomic mass is 35.5. The van der Waals surface area contributed by atoms with E-state index >= 15 is 0 Å². The largest absolute Gasteiger partial charge is 0.308 e. The third-order valence-corrected chi connectivity index (χ3v) is 5.42. The van der Waals surface area contributed by atoms with Gasteiger partial charge in [-0.25, -0.2) is 4.98 Å². The number of nitrogens with zero attached hydrogens (tertiary/aromatic N) is 3. The van der Waals surface area contributed by atoms with Crippen LogP contribution in [0.15, 0.2) is 59.4 Å². The standard InChI is InChI=1S/C24H24ClN5O2/c1-24(2,3)19-13-20(29-28-19)27-22(31)14-30-21(12-15-8-10-16(25)11-9-15)26-18-7-5-4-6-17(18)23(30)32/h4-11,13H,12,14H2,1-3H3,(H2,27,28,29,31). The molecule has 0 saturated carbocycles. The summed E-state index contributed by atoms with van der Waals surface area (Å²) in [5, 5.41) is 11.0. The van der Waals surface area contributed by atoms with Gasteiger partial charge in [0.2, 0.25) is 5.91 Å². The molecule has 2 N–H and O–H groups in total. The Hall–Kier alpha value is -3.45. The Bertz CT molecular complexity index is 1330. The predicted octanol–water partition coefficient (Wildman–Crippen LogP) is 4.30. The number of H-pyrrole nitrogens is 1. The van der Waals surface area contributed by atoms with E-state index in [1.165, 1.54) is 4.57 Å². The molecule has 0 aliphatic rings. The first-order valence-electron chi connectivity index (χ1n) is 10.3. The normalized spacial score (nSPS) is 11.6. The van der Waals surface area contributed by atoms with Crippen LogP contribution in [0.25, 0.3) is 10.9 Å². The van der Waals surface area contributed by atoms with E-state index in [1.807, 2.05) is 18.2 Å². The highest BCUT2D eigenvalue weighted by Gasteiger charge is 2.19. The molecule has 32 heavy (non-hydrogen) atoms. The maximum Gasteiger partial charge on any atom is 0.261 e. The molecule has 0 aliphatic carbocycles. The van der Waals surface area contributed by atoms with Crippen molar-refractivity contribution < 1.29 is 4.79 Å². The molecule has 1 amide bonds. The molecule has 4 aromatic rings. The van der Waals surface area contributed by atoms with E-state index < -0.39 is 0 Å². The number of anilines is 1. The number of carbonyl (C=O) groups excluding carboxylic acids is 1. The van der Waals surface area contributed by atoms with Crippen molar-refractivity contribution >= 4 is 34.2 Å². The molecule has 0 saturated heterocycles. The first kappa shape index (κ1) is 21.8. The second-order valence-corrected chi connectivity index (χ2v) is 9.14. The molecule has 0 radical (unpaired) electrons. The van der Waals surface area contributed by atoms with Gasteiger partial charge in [-0.1, -0.05) is 56.6 Å². The van der Waals surface area contributed by atoms with Gasteiger partial charge in [0, 0.05) is 28.6 Å². The van der Waals surface area contributed by atoms with Gasteiger partial charge in [0.25, 0.3) is 5.56 Å². The van der Waals surface area contributed by atoms with Crippen molar-refractivity contribution in [1.29, 1.82) is 0 Å². The van der Waals surface area contributed by atoms with Crippen LogP contribution in [-0.4, -0.2) is 25.7 Å². The van der Waals surface area contributed by atoms with Crippen LogP contribution >= 0.6 is 11.6 Å². The molecule has 0 aliphatic heterocycles. The highest BCUT2D eigenvalue weighted by molar-refractivity contribution is 6.30. The molecule has 0 spiro atoms. The van der Waals surface area contributed by atoms with Crippen LogP contribution in [0.3, 0.4) is 0 Å². The van der Waals surface area contributed by atoms with Crippen LogP contribution in [0, 0.1) is 0 Å². The van der Waals surface area contributed by atoms with Gasteiger partial charge in [-0.3, -0.25) is 19.3 Å². The van der Waals surface area contributed by atoms with Crippen LogP contribution in [0.5, 0.6) is 0 Å². The van der Waals surface area contributed by atoms with Gasteiger partial charge in [0.1, 0.15) is 12.4 Å². The van der Waals surface area contributed by atoms with Crippen molar-refractivity contribution in [2.24, 2.45) is 0 Å². The molecule has 8 heteroatoms. The minimum atomic E-state index is -0.353. The van der Waals surface area contributed by atoms with Crippen molar-refractivity contribution in [3.63, 3.8) is 0 Å². The van der Waals surface area contributed by atoms with Crippen molar-refractivity contribution in [3.8, 4) is 0 Å². The zero-order valence-electron chi connectivity index (χ0n) is 18.1. The van der Waals surface area contributed by atoms with Gasteiger partial charge in [-0.2, -0.15) is 5.10 Å². The number of carbonyl (C=O) groups is 1. The average Bonchev–Trinajstić information content (AvgIpc) is 3.21. The lowest BCUT2D eigenvalue weighted by molar-refractivity contribution is -0.116. The molecule has 7 nitrogen and oxygen atoms in total. The van der Waals surface area contributed by atoms with E-state index in [2.05, 4.69) is 41.3 Å². The Morgan fingerprint density at radius 1 is 1.12 bits per heavy atom. The van der Waals surface area contributed by atoms with E-state index in [0.717, 1.165) is 11.3 Å². The number of hydrogen-bond donors (Lipinski definition) is 2. The number of amides is 1. The predicted molar refractivity (Wildman–Crippen MR) is 126 cm³/mol. The maximum absolute atomic E-state index is 13.2. The summed E-state index contributed by atoms with van der Waals surface area (Å²) in [6.45, 7) is 5.98. The third kappa shape index (κ3) is 4.73. The van der Waals surface area contributed by atoms with Gasteiger partial charge in [-0.15, -0.1) is 0 Å². The molecule has 164 valence electrons. The average molecular weight is 450 g/mol. The zero-order valence-corrected chi connectivity index (χ0v) is 18.9. The molecular weight excluding hydrogens is 426 g/mol. The molecule has 0 unspecified atom stereocenters. The van der Waals surface area contributed by atoms with Gasteiger partial charge in [0.05, 0.1) is 10.9 Å². The highest BCUT2D eigenvalue weighted by Crippen LogP contribution is 2.22. The summed E-state index contributed by atoms with van der Waals surface area (Å²) in [6, 6.07) is 16.3. The molecule has 0 fully saturated rings. The SMILES string of the molecule is CC(C)(C)c1cc(NC(=O)Cn2c(Cc3ccc(Cl)cc3)nc3ccccc3c2=O)n[nH]1. The molecule has 2 heterocycles. The molecule has 4 rings (SSSR count). The summed E-state index contributed by atoms with van der Waals surface area (Å²) >= 11 is 5.99. The zero-order chi connectivity index (χ0) is 22.9. The van der Waals surface area contributed by atoms with E-state index in [9.17, 15) is 9.59 Å². The number of nitrogens with one attached hydrogen (secondary N) is 2. The number of fused-ring (bicyclic) bond motifs is 1. The number of hydrogen-bond acceptors (Lipinski definition) is 4. The van der Waals surface area contributed by atoms with Crippen molar-refractivity contribution in [2.75, 3.05) is 5.32 Å². The van der Waals surface area contributed by atoms with E-state index in [-0.39, 0.29) is 23.4 Å². The van der Waals surface area contributed by atoms with E-state index in [4.69, 9.17) is 11.6 Å². The Balaban J connectivity index is 1.66. The van der Waals surface area contributed by atoms with Gasteiger partial charge in [0.15, 0.2) is 5.82 Å². The summed E-state index contributed by atoms with van der Waals surface area (Å²) in [7, 11) is 0. The maximum atomic E-state index is 13.2. The lowest BCUT2D eigenvalue weighted by Gasteiger charge is -2.14. The minimum Gasteiger partial charge on any atom is -0.308 e. The number of para-hydroxylation sites is 1. The van der Waals surface area contributed by atoms with E-state index in [1.54, 1.807) is 36.4 Å². The molecule has 0 bridgehead atoms. The lowest BCUT2D eigenvalue weighted by Crippen LogP contribution is -2.31. The summed E-state index contributed by atoms with van der Waals surface area (Å²) in [4.78, 5) is 30.7. The Morgan fingerprint density at radius 2 is 1.84 bits per heavy atom. The number of benzene rings is 2. The third-order valence-electron chi connectivity index (χ3n) is 5.17. The summed E-state index contributed by atoms with van der Waals surface area (Å²) in [5.41, 5.74) is 2.06. The fourth-order valence-electron chi connectivity index (χ4n) is 3.39. The Morgan fingerprint density at radius 3 is 2.53 bits per heavy atom. The number of halogens is 1. The van der Waals surface area contributed by atoms with Gasteiger partial charge >= 0.3 is 0 Å². The second-order valence-electron chi connectivity index (χ2n) is 8.70. The van der Waals surface area contributed by atoms with Crippen LogP contribution in [0.1, 0.15) is 37.9 Å². The number of aromatic amines is 1. The quantitative estimate of drug-likeness (QED) is 0.475. The molecule has 2 aromatic heterocycles. The van der Waals surface area contributed by atoms with Crippen LogP contribution in [-0.2, 0) is 23.2 Å². The minimum absolute atomic E-state index is 0.124. The lowest BCUT2D eigenvalue weighted by atomic mass is 9.92. The Kier molecular flexibility index (Phi) is 5.84. The number of rotatable bonds is 5. The second kappa shape index (κ2) is 8.59. The van der Waals surface area contributed by atoms with Crippen LogP contribution < -0.4 is 10.9 Å². The molecular formula is C24H24ClN5O2. The fraction of sp³-hybridized carbons (Fsp3) is 0.250. The molecule has 2 aromatic carbocycles. The summed E-state index contributed by atoms with van der Waals surface area (Å²) in [5.74, 6) is 0.568. The Labute approximate surface area is 190 Å². The van der Waals surface area contributed by atoms with Crippen molar-refractivity contribution in [2.45, 2.75) is 39.2 Å². The first-order chi connectivity index (χ1) is 15.2. The van der Waals surface area contributed by atoms with E-state index in [0.29, 0.717) is 34.0 Å². The van der Waals surface area contributed by atoms with Gasteiger partial charge in [-0.05, 0) is 29.8 Å². The van der Waals surface area contributed by atoms with Crippen LogP contribution in [0.2, 0.25) is 5.02 Å². The molecule has 0 atom stereocenters. The van der Waals surface area contributed by atoms with Crippen LogP contribution in [0.4, 0.5) is 5.82 Å². The summed E-state index contributed by atoms with van der Waals surface area (Å²) < 4.78 is 1.42. The fourth-order valence-corrected chi connectivity index (χ4v) is 3.52. The smallest absolute Gasteiger partial charge is 0.261 e. The monoisotopic (exact) mass is 449 g/mol.